The second-order valence-electron chi connectivity index (χ2n) is 6.99. The second-order valence-corrected chi connectivity index (χ2v) is 7.40. The molecule has 0 unspecified atom stereocenters. The molecule has 160 valence electrons. The van der Waals surface area contributed by atoms with Crippen LogP contribution in [0, 0.1) is 0 Å². The number of halogens is 4. The quantitative estimate of drug-likeness (QED) is 0.500. The van der Waals surface area contributed by atoms with Crippen molar-refractivity contribution in [2.45, 2.75) is 12.6 Å². The maximum Gasteiger partial charge on any atom is 0.417 e. The van der Waals surface area contributed by atoms with E-state index in [0.717, 1.165) is 23.9 Å². The molecular formula is C22H17ClF3N3O2. The van der Waals surface area contributed by atoms with E-state index in [0.29, 0.717) is 12.2 Å². The Bertz CT molecular complexity index is 1140. The Morgan fingerprint density at radius 2 is 1.94 bits per heavy atom. The highest BCUT2D eigenvalue weighted by atomic mass is 35.5. The number of nitrogens with zero attached hydrogens (tertiary/aromatic N) is 3. The minimum atomic E-state index is -4.57. The molecule has 3 aromatic rings. The van der Waals surface area contributed by atoms with Gasteiger partial charge in [0, 0.05) is 25.4 Å². The van der Waals surface area contributed by atoms with E-state index in [1.807, 2.05) is 54.6 Å². The molecule has 0 atom stereocenters. The van der Waals surface area contributed by atoms with Crippen molar-refractivity contribution in [1.82, 2.24) is 15.0 Å². The highest BCUT2D eigenvalue weighted by Gasteiger charge is 2.33. The Kier molecular flexibility index (Phi) is 5.73. The molecule has 0 saturated heterocycles. The topological polar surface area (TPSA) is 51.4 Å². The fourth-order valence-electron chi connectivity index (χ4n) is 2.95. The van der Waals surface area contributed by atoms with Crippen LogP contribution < -0.4 is 4.74 Å². The van der Waals surface area contributed by atoms with Gasteiger partial charge in [-0.3, -0.25) is 0 Å². The van der Waals surface area contributed by atoms with E-state index in [-0.39, 0.29) is 22.3 Å². The normalized spacial score (nSPS) is 14.0. The minimum absolute atomic E-state index is 0.0677. The van der Waals surface area contributed by atoms with E-state index >= 15 is 0 Å². The Hall–Kier alpha value is -3.26. The highest BCUT2D eigenvalue weighted by molar-refractivity contribution is 6.31. The maximum absolute atomic E-state index is 13.1. The second kappa shape index (κ2) is 8.47. The molecule has 0 bridgehead atoms. The number of rotatable bonds is 5. The molecule has 0 radical (unpaired) electrons. The lowest BCUT2D eigenvalue weighted by atomic mass is 10.1. The molecule has 2 heterocycles. The molecule has 0 saturated carbocycles. The third-order valence-electron chi connectivity index (χ3n) is 4.59. The first kappa shape index (κ1) is 21.0. The van der Waals surface area contributed by atoms with Gasteiger partial charge in [-0.15, -0.1) is 0 Å². The number of allylic oxidation sites excluding steroid dienone is 1. The van der Waals surface area contributed by atoms with Gasteiger partial charge in [0.15, 0.2) is 0 Å². The van der Waals surface area contributed by atoms with E-state index < -0.39 is 11.7 Å². The Labute approximate surface area is 181 Å². The molecular weight excluding hydrogens is 431 g/mol. The molecule has 0 amide bonds. The molecule has 1 aromatic heterocycles. The van der Waals surface area contributed by atoms with Crippen LogP contribution in [0.1, 0.15) is 17.0 Å². The largest absolute Gasteiger partial charge is 0.458 e. The zero-order valence-corrected chi connectivity index (χ0v) is 17.1. The van der Waals surface area contributed by atoms with Gasteiger partial charge in [0.25, 0.3) is 0 Å². The van der Waals surface area contributed by atoms with Crippen LogP contribution in [0.15, 0.2) is 71.1 Å². The summed E-state index contributed by atoms with van der Waals surface area (Å²) in [4.78, 5) is 6.24. The molecule has 31 heavy (non-hydrogen) atoms. The van der Waals surface area contributed by atoms with E-state index in [1.165, 1.54) is 12.1 Å². The molecule has 4 rings (SSSR count). The summed E-state index contributed by atoms with van der Waals surface area (Å²) in [5.41, 5.74) is 0.126. The van der Waals surface area contributed by atoms with E-state index in [1.54, 1.807) is 0 Å². The van der Waals surface area contributed by atoms with Gasteiger partial charge in [0.2, 0.25) is 11.7 Å². The summed E-state index contributed by atoms with van der Waals surface area (Å²) >= 11 is 5.66. The van der Waals surface area contributed by atoms with Crippen molar-refractivity contribution in [2.24, 2.45) is 0 Å². The van der Waals surface area contributed by atoms with Crippen molar-refractivity contribution < 1.29 is 22.4 Å². The molecule has 1 aliphatic heterocycles. The highest BCUT2D eigenvalue weighted by Crippen LogP contribution is 2.36. The average molecular weight is 448 g/mol. The van der Waals surface area contributed by atoms with Crippen molar-refractivity contribution in [2.75, 3.05) is 13.6 Å². The van der Waals surface area contributed by atoms with Crippen LogP contribution in [-0.4, -0.2) is 28.6 Å². The van der Waals surface area contributed by atoms with Gasteiger partial charge in [0.05, 0.1) is 17.0 Å². The van der Waals surface area contributed by atoms with Crippen LogP contribution in [0.2, 0.25) is 5.02 Å². The van der Waals surface area contributed by atoms with Gasteiger partial charge in [-0.05, 0) is 48.0 Å². The smallest absolute Gasteiger partial charge is 0.417 e. The molecule has 0 aliphatic carbocycles. The standard InChI is InChI=1S/C22H17ClF3N3O2/c1-29-10-8-17(9-11-29)30-16-5-2-14(3-6-16)12-20-27-21(28-31-20)15-4-7-19(23)18(13-15)22(24,25)26/h2-10,13H,11-12H2,1H3. The summed E-state index contributed by atoms with van der Waals surface area (Å²) in [6.45, 7) is 0.779. The van der Waals surface area contributed by atoms with Crippen molar-refractivity contribution in [1.29, 1.82) is 0 Å². The fourth-order valence-corrected chi connectivity index (χ4v) is 3.18. The summed E-state index contributed by atoms with van der Waals surface area (Å²) in [7, 11) is 1.98. The molecule has 9 heteroatoms. The van der Waals surface area contributed by atoms with Crippen LogP contribution in [0.5, 0.6) is 5.75 Å². The maximum atomic E-state index is 13.1. The number of alkyl halides is 3. The van der Waals surface area contributed by atoms with Gasteiger partial charge < -0.3 is 14.2 Å². The summed E-state index contributed by atoms with van der Waals surface area (Å²) in [5, 5.41) is 3.42. The predicted molar refractivity (Wildman–Crippen MR) is 109 cm³/mol. The van der Waals surface area contributed by atoms with Gasteiger partial charge >= 0.3 is 6.18 Å². The number of hydrogen-bond acceptors (Lipinski definition) is 5. The van der Waals surface area contributed by atoms with Crippen LogP contribution in [-0.2, 0) is 12.6 Å². The van der Waals surface area contributed by atoms with Crippen molar-refractivity contribution >= 4 is 11.6 Å². The Balaban J connectivity index is 1.44. The third-order valence-corrected chi connectivity index (χ3v) is 4.92. The zero-order chi connectivity index (χ0) is 22.0. The van der Waals surface area contributed by atoms with Crippen LogP contribution >= 0.6 is 11.6 Å². The monoisotopic (exact) mass is 447 g/mol. The molecule has 1 aliphatic rings. The molecule has 0 N–H and O–H groups in total. The van der Waals surface area contributed by atoms with Gasteiger partial charge in [-0.25, -0.2) is 0 Å². The summed E-state index contributed by atoms with van der Waals surface area (Å²) < 4.78 is 50.2. The number of likely N-dealkylation sites (N-methyl/N-ethyl adjacent to an activating group) is 1. The third kappa shape index (κ3) is 5.08. The average Bonchev–Trinajstić information content (AvgIpc) is 3.19. The lowest BCUT2D eigenvalue weighted by molar-refractivity contribution is -0.137. The minimum Gasteiger partial charge on any atom is -0.458 e. The van der Waals surface area contributed by atoms with Crippen molar-refractivity contribution in [3.63, 3.8) is 0 Å². The summed E-state index contributed by atoms with van der Waals surface area (Å²) in [6.07, 6.45) is 1.58. The zero-order valence-electron chi connectivity index (χ0n) is 16.4. The first-order valence-corrected chi connectivity index (χ1v) is 9.71. The van der Waals surface area contributed by atoms with Gasteiger partial charge in [-0.2, -0.15) is 18.2 Å². The number of benzene rings is 2. The number of ether oxygens (including phenoxy) is 1. The van der Waals surface area contributed by atoms with E-state index in [9.17, 15) is 13.2 Å². The van der Waals surface area contributed by atoms with E-state index in [4.69, 9.17) is 20.9 Å². The van der Waals surface area contributed by atoms with Crippen LogP contribution in [0.4, 0.5) is 13.2 Å². The molecule has 5 nitrogen and oxygen atoms in total. The predicted octanol–water partition coefficient (Wildman–Crippen LogP) is 5.72. The SMILES string of the molecule is CN1C=CC(Oc2ccc(Cc3nc(-c4ccc(Cl)c(C(F)(F)F)c4)no3)cc2)=CC1. The van der Waals surface area contributed by atoms with Crippen molar-refractivity contribution in [3.05, 3.63) is 88.6 Å². The number of hydrogen-bond donors (Lipinski definition) is 0. The number of aromatic nitrogens is 2. The van der Waals surface area contributed by atoms with E-state index in [2.05, 4.69) is 10.1 Å². The molecule has 2 aromatic carbocycles. The van der Waals surface area contributed by atoms with Gasteiger partial charge in [-0.1, -0.05) is 28.9 Å². The lowest BCUT2D eigenvalue weighted by Gasteiger charge is -2.17. The Morgan fingerprint density at radius 1 is 1.16 bits per heavy atom. The van der Waals surface area contributed by atoms with Gasteiger partial charge in [0.1, 0.15) is 11.5 Å². The molecule has 0 spiro atoms. The Morgan fingerprint density at radius 3 is 2.61 bits per heavy atom. The first-order valence-electron chi connectivity index (χ1n) is 9.33. The summed E-state index contributed by atoms with van der Waals surface area (Å²) in [6, 6.07) is 10.9. The molecule has 0 fully saturated rings. The fraction of sp³-hybridized carbons (Fsp3) is 0.182. The lowest BCUT2D eigenvalue weighted by Crippen LogP contribution is -2.15. The first-order chi connectivity index (χ1) is 14.8. The summed E-state index contributed by atoms with van der Waals surface area (Å²) in [5.74, 6) is 1.82. The van der Waals surface area contributed by atoms with Crippen molar-refractivity contribution in [3.8, 4) is 17.1 Å². The van der Waals surface area contributed by atoms with Crippen LogP contribution in [0.3, 0.4) is 0 Å². The van der Waals surface area contributed by atoms with Crippen LogP contribution in [0.25, 0.3) is 11.4 Å².